The van der Waals surface area contributed by atoms with Crippen LogP contribution in [0.15, 0.2) is 77.7 Å². The highest BCUT2D eigenvalue weighted by molar-refractivity contribution is 6.17. The molecule has 0 aliphatic carbocycles. The zero-order valence-corrected chi connectivity index (χ0v) is 12.5. The monoisotopic (exact) mass is 316 g/mol. The summed E-state index contributed by atoms with van der Waals surface area (Å²) in [6.07, 6.45) is 1.50. The largest absolute Gasteiger partial charge is 0.504 e. The summed E-state index contributed by atoms with van der Waals surface area (Å²) in [5.74, 6) is -1.92. The number of carbonyl (C=O) groups is 2. The Hall–Kier alpha value is -3.65. The van der Waals surface area contributed by atoms with Gasteiger partial charge in [0, 0.05) is 5.56 Å². The van der Waals surface area contributed by atoms with Gasteiger partial charge in [0.05, 0.1) is 5.70 Å². The lowest BCUT2D eigenvalue weighted by Crippen LogP contribution is -2.32. The number of rotatable bonds is 2. The summed E-state index contributed by atoms with van der Waals surface area (Å²) >= 11 is 0. The summed E-state index contributed by atoms with van der Waals surface area (Å²) in [6, 6.07) is 18.8. The van der Waals surface area contributed by atoms with Gasteiger partial charge in [-0.15, -0.1) is 0 Å². The number of aliphatic hydroxyl groups excluding tert-OH is 1. The number of carbonyl (C=O) groups excluding carboxylic acids is 2. The maximum Gasteiger partial charge on any atom is 0.280 e. The molecular formula is C19H12N2O3. The molecule has 1 N–H and O–H groups in total. The van der Waals surface area contributed by atoms with E-state index in [9.17, 15) is 14.7 Å². The number of aliphatic hydroxyl groups is 1. The number of benzene rings is 2. The van der Waals surface area contributed by atoms with Gasteiger partial charge < -0.3 is 5.11 Å². The van der Waals surface area contributed by atoms with Crippen LogP contribution in [0.1, 0.15) is 15.9 Å². The zero-order valence-electron chi connectivity index (χ0n) is 12.5. The maximum atomic E-state index is 12.7. The second-order valence-corrected chi connectivity index (χ2v) is 5.09. The highest BCUT2D eigenvalue weighted by Crippen LogP contribution is 2.30. The minimum Gasteiger partial charge on any atom is -0.504 e. The normalized spacial score (nSPS) is 15.7. The fraction of sp³-hybridized carbons (Fsp3) is 0. The van der Waals surface area contributed by atoms with Gasteiger partial charge in [-0.25, -0.2) is 4.90 Å². The number of nitrogens with zero attached hydrogens (tertiary/aromatic N) is 2. The highest BCUT2D eigenvalue weighted by Gasteiger charge is 2.39. The Morgan fingerprint density at radius 2 is 1.62 bits per heavy atom. The Morgan fingerprint density at radius 3 is 2.21 bits per heavy atom. The average Bonchev–Trinajstić information content (AvgIpc) is 2.86. The number of hydrogen-bond donors (Lipinski definition) is 1. The van der Waals surface area contributed by atoms with Crippen molar-refractivity contribution < 1.29 is 14.7 Å². The van der Waals surface area contributed by atoms with E-state index in [1.54, 1.807) is 60.7 Å². The Labute approximate surface area is 138 Å². The van der Waals surface area contributed by atoms with Crippen LogP contribution in [-0.2, 0) is 4.79 Å². The fourth-order valence-electron chi connectivity index (χ4n) is 2.41. The van der Waals surface area contributed by atoms with Crippen molar-refractivity contribution in [3.63, 3.8) is 0 Å². The molecule has 0 radical (unpaired) electrons. The third-order valence-electron chi connectivity index (χ3n) is 3.58. The van der Waals surface area contributed by atoms with E-state index in [4.69, 9.17) is 5.26 Å². The summed E-state index contributed by atoms with van der Waals surface area (Å²) < 4.78 is 0. The van der Waals surface area contributed by atoms with Crippen LogP contribution in [0.2, 0.25) is 0 Å². The predicted octanol–water partition coefficient (Wildman–Crippen LogP) is 3.05. The van der Waals surface area contributed by atoms with Crippen molar-refractivity contribution in [2.75, 3.05) is 0 Å². The third-order valence-corrected chi connectivity index (χ3v) is 3.58. The van der Waals surface area contributed by atoms with Crippen LogP contribution in [0.5, 0.6) is 0 Å². The van der Waals surface area contributed by atoms with Gasteiger partial charge in [-0.3, -0.25) is 9.59 Å². The van der Waals surface area contributed by atoms with E-state index >= 15 is 0 Å². The first kappa shape index (κ1) is 15.3. The van der Waals surface area contributed by atoms with E-state index in [2.05, 4.69) is 0 Å². The molecule has 0 saturated heterocycles. The van der Waals surface area contributed by atoms with Crippen LogP contribution in [0.4, 0.5) is 0 Å². The molecule has 0 atom stereocenters. The number of imide groups is 1. The lowest BCUT2D eigenvalue weighted by atomic mass is 10.1. The molecule has 0 bridgehead atoms. The first-order valence-electron chi connectivity index (χ1n) is 7.17. The van der Waals surface area contributed by atoms with Crippen molar-refractivity contribution in [3.05, 3.63) is 88.8 Å². The van der Waals surface area contributed by atoms with Gasteiger partial charge in [0.15, 0.2) is 11.3 Å². The van der Waals surface area contributed by atoms with Gasteiger partial charge >= 0.3 is 0 Å². The van der Waals surface area contributed by atoms with Crippen LogP contribution in [0.25, 0.3) is 6.08 Å². The second kappa shape index (κ2) is 6.23. The SMILES string of the molecule is N#CC1=C(O)/C(=C/c2ccccc2)N(C(=O)c2ccccc2)C1=O. The second-order valence-electron chi connectivity index (χ2n) is 5.09. The van der Waals surface area contributed by atoms with Gasteiger partial charge in [0.2, 0.25) is 0 Å². The van der Waals surface area contributed by atoms with Crippen molar-refractivity contribution in [2.24, 2.45) is 0 Å². The van der Waals surface area contributed by atoms with Crippen molar-refractivity contribution in [3.8, 4) is 6.07 Å². The van der Waals surface area contributed by atoms with E-state index in [0.717, 1.165) is 4.90 Å². The highest BCUT2D eigenvalue weighted by atomic mass is 16.3. The molecule has 3 rings (SSSR count). The van der Waals surface area contributed by atoms with Crippen molar-refractivity contribution in [1.82, 2.24) is 4.90 Å². The Morgan fingerprint density at radius 1 is 1.04 bits per heavy atom. The standard InChI is InChI=1S/C19H12N2O3/c20-12-15-17(22)16(11-13-7-3-1-4-8-13)21(19(15)24)18(23)14-9-5-2-6-10-14/h1-11,22H/b16-11-. The summed E-state index contributed by atoms with van der Waals surface area (Å²) in [4.78, 5) is 25.9. The molecule has 1 aliphatic heterocycles. The van der Waals surface area contributed by atoms with E-state index in [-0.39, 0.29) is 11.3 Å². The molecule has 0 aromatic heterocycles. The van der Waals surface area contributed by atoms with E-state index in [1.807, 2.05) is 6.07 Å². The molecule has 0 spiro atoms. The van der Waals surface area contributed by atoms with Crippen LogP contribution in [0, 0.1) is 11.3 Å². The number of hydrogen-bond acceptors (Lipinski definition) is 4. The van der Waals surface area contributed by atoms with Gasteiger partial charge in [0.25, 0.3) is 11.8 Å². The van der Waals surface area contributed by atoms with Crippen molar-refractivity contribution in [2.45, 2.75) is 0 Å². The molecule has 0 fully saturated rings. The molecule has 5 nitrogen and oxygen atoms in total. The third kappa shape index (κ3) is 2.57. The fourth-order valence-corrected chi connectivity index (χ4v) is 2.41. The molecule has 2 aromatic carbocycles. The summed E-state index contributed by atoms with van der Waals surface area (Å²) in [5.41, 5.74) is 0.534. The minimum atomic E-state index is -0.828. The molecule has 5 heteroatoms. The van der Waals surface area contributed by atoms with Gasteiger partial charge in [-0.1, -0.05) is 48.5 Å². The molecule has 2 aromatic rings. The van der Waals surface area contributed by atoms with Gasteiger partial charge in [-0.05, 0) is 23.8 Å². The van der Waals surface area contributed by atoms with Crippen LogP contribution < -0.4 is 0 Å². The van der Waals surface area contributed by atoms with Crippen LogP contribution in [-0.4, -0.2) is 21.8 Å². The molecular weight excluding hydrogens is 304 g/mol. The molecule has 116 valence electrons. The molecule has 0 saturated carbocycles. The van der Waals surface area contributed by atoms with Gasteiger partial charge in [0.1, 0.15) is 6.07 Å². The number of nitriles is 1. The van der Waals surface area contributed by atoms with Crippen molar-refractivity contribution in [1.29, 1.82) is 5.26 Å². The summed E-state index contributed by atoms with van der Waals surface area (Å²) in [6.45, 7) is 0. The molecule has 1 aliphatic rings. The van der Waals surface area contributed by atoms with E-state index in [1.165, 1.54) is 6.08 Å². The number of amides is 2. The zero-order chi connectivity index (χ0) is 17.1. The maximum absolute atomic E-state index is 12.7. The summed E-state index contributed by atoms with van der Waals surface area (Å²) in [7, 11) is 0. The van der Waals surface area contributed by atoms with Gasteiger partial charge in [-0.2, -0.15) is 5.26 Å². The Bertz CT molecular complexity index is 907. The predicted molar refractivity (Wildman–Crippen MR) is 87.3 cm³/mol. The summed E-state index contributed by atoms with van der Waals surface area (Å²) in [5, 5.41) is 19.3. The smallest absolute Gasteiger partial charge is 0.280 e. The Balaban J connectivity index is 2.10. The first-order valence-corrected chi connectivity index (χ1v) is 7.17. The average molecular weight is 316 g/mol. The molecule has 2 amide bonds. The first-order chi connectivity index (χ1) is 11.6. The quantitative estimate of drug-likeness (QED) is 0.863. The lowest BCUT2D eigenvalue weighted by molar-refractivity contribution is -0.121. The molecule has 24 heavy (non-hydrogen) atoms. The molecule has 1 heterocycles. The van der Waals surface area contributed by atoms with Crippen LogP contribution in [0.3, 0.4) is 0 Å². The van der Waals surface area contributed by atoms with Crippen molar-refractivity contribution >= 4 is 17.9 Å². The lowest BCUT2D eigenvalue weighted by Gasteiger charge is -2.16. The topological polar surface area (TPSA) is 81.4 Å². The Kier molecular flexibility index (Phi) is 3.96. The van der Waals surface area contributed by atoms with E-state index in [0.29, 0.717) is 5.56 Å². The molecule has 0 unspecified atom stereocenters. The van der Waals surface area contributed by atoms with Crippen LogP contribution >= 0.6 is 0 Å². The minimum absolute atomic E-state index is 0.00315. The van der Waals surface area contributed by atoms with E-state index < -0.39 is 23.1 Å².